The fourth-order valence-corrected chi connectivity index (χ4v) is 7.98. The molecule has 1 aromatic heterocycles. The van der Waals surface area contributed by atoms with Crippen molar-refractivity contribution in [1.82, 2.24) is 9.88 Å². The summed E-state index contributed by atoms with van der Waals surface area (Å²) in [4.78, 5) is 7.32. The summed E-state index contributed by atoms with van der Waals surface area (Å²) in [5.41, 5.74) is 0.530. The number of pyridine rings is 1. The molecule has 184 valence electrons. The third kappa shape index (κ3) is 4.25. The van der Waals surface area contributed by atoms with Crippen LogP contribution in [0, 0.1) is 17.2 Å². The van der Waals surface area contributed by atoms with Crippen molar-refractivity contribution in [3.05, 3.63) is 46.1 Å². The summed E-state index contributed by atoms with van der Waals surface area (Å²) >= 11 is 12.7. The SMILES string of the molecule is O=S(=O)(Nc1cccc(F)n1)c1c(Cl)cc(N2CC[C@@]3(CCC[C@H]3N3CCCC3)C2)c(Cl)c1F. The Hall–Kier alpha value is -1.68. The second kappa shape index (κ2) is 9.08. The molecular formula is C23H26Cl2F2N4O2S. The Bertz CT molecular complexity index is 1210. The minimum Gasteiger partial charge on any atom is -0.370 e. The van der Waals surface area contributed by atoms with Crippen molar-refractivity contribution in [3.63, 3.8) is 0 Å². The number of benzene rings is 1. The van der Waals surface area contributed by atoms with Crippen LogP contribution in [0.4, 0.5) is 20.3 Å². The molecule has 0 unspecified atom stereocenters. The molecule has 6 nitrogen and oxygen atoms in total. The topological polar surface area (TPSA) is 65.5 Å². The molecule has 5 rings (SSSR count). The molecule has 1 aliphatic carbocycles. The predicted molar refractivity (Wildman–Crippen MR) is 129 cm³/mol. The normalized spacial score (nSPS) is 25.5. The van der Waals surface area contributed by atoms with Crippen LogP contribution in [0.3, 0.4) is 0 Å². The van der Waals surface area contributed by atoms with Gasteiger partial charge in [0.15, 0.2) is 5.82 Å². The lowest BCUT2D eigenvalue weighted by Gasteiger charge is -2.38. The van der Waals surface area contributed by atoms with E-state index in [0.29, 0.717) is 18.3 Å². The van der Waals surface area contributed by atoms with Crippen molar-refractivity contribution >= 4 is 44.7 Å². The molecule has 3 aliphatic rings. The summed E-state index contributed by atoms with van der Waals surface area (Å²) in [6.45, 7) is 3.71. The van der Waals surface area contributed by atoms with Crippen molar-refractivity contribution in [2.75, 3.05) is 35.8 Å². The molecule has 11 heteroatoms. The molecular weight excluding hydrogens is 505 g/mol. The summed E-state index contributed by atoms with van der Waals surface area (Å²) < 4.78 is 56.5. The van der Waals surface area contributed by atoms with E-state index in [9.17, 15) is 12.8 Å². The van der Waals surface area contributed by atoms with E-state index in [1.165, 1.54) is 43.9 Å². The Kier molecular flexibility index (Phi) is 6.42. The lowest BCUT2D eigenvalue weighted by atomic mass is 9.81. The minimum atomic E-state index is -4.49. The van der Waals surface area contributed by atoms with E-state index in [1.807, 2.05) is 4.90 Å². The Labute approximate surface area is 208 Å². The van der Waals surface area contributed by atoms with E-state index in [2.05, 4.69) is 14.6 Å². The van der Waals surface area contributed by atoms with Gasteiger partial charge in [0, 0.05) is 24.5 Å². The maximum atomic E-state index is 15.4. The van der Waals surface area contributed by atoms with Gasteiger partial charge in [-0.25, -0.2) is 17.8 Å². The molecule has 1 saturated carbocycles. The van der Waals surface area contributed by atoms with Gasteiger partial charge in [-0.3, -0.25) is 9.62 Å². The first-order chi connectivity index (χ1) is 16.2. The largest absolute Gasteiger partial charge is 0.370 e. The maximum Gasteiger partial charge on any atom is 0.267 e. The molecule has 0 radical (unpaired) electrons. The van der Waals surface area contributed by atoms with Gasteiger partial charge in [0.25, 0.3) is 10.0 Å². The first kappa shape index (κ1) is 24.0. The number of nitrogens with zero attached hydrogens (tertiary/aromatic N) is 3. The van der Waals surface area contributed by atoms with Gasteiger partial charge in [0.1, 0.15) is 15.7 Å². The lowest BCUT2D eigenvalue weighted by Crippen LogP contribution is -2.44. The Balaban J connectivity index is 1.42. The summed E-state index contributed by atoms with van der Waals surface area (Å²) in [5, 5.41) is -0.575. The summed E-state index contributed by atoms with van der Waals surface area (Å²) in [6, 6.07) is 5.54. The predicted octanol–water partition coefficient (Wildman–Crippen LogP) is 5.31. The van der Waals surface area contributed by atoms with Gasteiger partial charge in [-0.15, -0.1) is 0 Å². The van der Waals surface area contributed by atoms with Crippen LogP contribution in [-0.2, 0) is 10.0 Å². The first-order valence-corrected chi connectivity index (χ1v) is 13.8. The highest BCUT2D eigenvalue weighted by Gasteiger charge is 2.50. The molecule has 2 atom stereocenters. The molecule has 1 spiro atoms. The van der Waals surface area contributed by atoms with E-state index < -0.39 is 26.7 Å². The quantitative estimate of drug-likeness (QED) is 0.419. The van der Waals surface area contributed by atoms with Crippen molar-refractivity contribution in [1.29, 1.82) is 0 Å². The number of nitrogens with one attached hydrogen (secondary N) is 1. The second-order valence-corrected chi connectivity index (χ2v) is 11.9. The van der Waals surface area contributed by atoms with E-state index in [-0.39, 0.29) is 21.3 Å². The molecule has 3 heterocycles. The molecule has 1 aromatic carbocycles. The van der Waals surface area contributed by atoms with Crippen LogP contribution in [0.1, 0.15) is 38.5 Å². The number of hydrogen-bond acceptors (Lipinski definition) is 5. The molecule has 3 fully saturated rings. The first-order valence-electron chi connectivity index (χ1n) is 11.5. The number of rotatable bonds is 5. The zero-order valence-corrected chi connectivity index (χ0v) is 20.9. The van der Waals surface area contributed by atoms with Crippen molar-refractivity contribution in [2.45, 2.75) is 49.5 Å². The summed E-state index contributed by atoms with van der Waals surface area (Å²) in [6.07, 6.45) is 6.92. The zero-order chi connectivity index (χ0) is 24.1. The number of sulfonamides is 1. The van der Waals surface area contributed by atoms with Gasteiger partial charge in [0.2, 0.25) is 5.95 Å². The molecule has 2 saturated heterocycles. The van der Waals surface area contributed by atoms with E-state index in [1.54, 1.807) is 0 Å². The highest BCUT2D eigenvalue weighted by atomic mass is 35.5. The Morgan fingerprint density at radius 2 is 1.85 bits per heavy atom. The van der Waals surface area contributed by atoms with Crippen molar-refractivity contribution in [3.8, 4) is 0 Å². The highest BCUT2D eigenvalue weighted by Crippen LogP contribution is 2.51. The van der Waals surface area contributed by atoms with E-state index in [4.69, 9.17) is 23.2 Å². The molecule has 34 heavy (non-hydrogen) atoms. The fraction of sp³-hybridized carbons (Fsp3) is 0.522. The molecule has 0 bridgehead atoms. The third-order valence-electron chi connectivity index (χ3n) is 7.49. The van der Waals surface area contributed by atoms with Gasteiger partial charge in [0.05, 0.1) is 10.7 Å². The van der Waals surface area contributed by atoms with Gasteiger partial charge in [-0.05, 0) is 63.4 Å². The molecule has 2 aliphatic heterocycles. The number of aromatic nitrogens is 1. The summed E-state index contributed by atoms with van der Waals surface area (Å²) in [5.74, 6) is -2.29. The monoisotopic (exact) mass is 530 g/mol. The Morgan fingerprint density at radius 3 is 2.59 bits per heavy atom. The van der Waals surface area contributed by atoms with Crippen LogP contribution in [0.2, 0.25) is 10.0 Å². The average Bonchev–Trinajstić information content (AvgIpc) is 3.52. The van der Waals surface area contributed by atoms with Crippen molar-refractivity contribution < 1.29 is 17.2 Å². The van der Waals surface area contributed by atoms with Crippen LogP contribution >= 0.6 is 23.2 Å². The van der Waals surface area contributed by atoms with E-state index >= 15 is 4.39 Å². The van der Waals surface area contributed by atoms with E-state index in [0.717, 1.165) is 38.5 Å². The lowest BCUT2D eigenvalue weighted by molar-refractivity contribution is 0.126. The molecule has 0 amide bonds. The maximum absolute atomic E-state index is 15.4. The van der Waals surface area contributed by atoms with Gasteiger partial charge >= 0.3 is 0 Å². The minimum absolute atomic E-state index is 0.131. The number of halogens is 4. The van der Waals surface area contributed by atoms with Crippen LogP contribution in [0.25, 0.3) is 0 Å². The van der Waals surface area contributed by atoms with Crippen molar-refractivity contribution in [2.24, 2.45) is 5.41 Å². The third-order valence-corrected chi connectivity index (χ3v) is 9.67. The highest BCUT2D eigenvalue weighted by molar-refractivity contribution is 7.92. The van der Waals surface area contributed by atoms with Crippen LogP contribution in [0.5, 0.6) is 0 Å². The van der Waals surface area contributed by atoms with Gasteiger partial charge in [-0.2, -0.15) is 4.39 Å². The second-order valence-electron chi connectivity index (χ2n) is 9.47. The van der Waals surface area contributed by atoms with Crippen LogP contribution in [0.15, 0.2) is 29.2 Å². The zero-order valence-electron chi connectivity index (χ0n) is 18.5. The van der Waals surface area contributed by atoms with Gasteiger partial charge in [-0.1, -0.05) is 35.7 Å². The number of hydrogen-bond donors (Lipinski definition) is 1. The number of anilines is 2. The van der Waals surface area contributed by atoms with Crippen LogP contribution in [-0.4, -0.2) is 50.5 Å². The van der Waals surface area contributed by atoms with Gasteiger partial charge < -0.3 is 4.90 Å². The standard InChI is InChI=1S/C23H26Cl2F2N4O2S/c24-15-13-16(31-12-9-23(14-31)8-4-5-17(23)30-10-1-2-11-30)20(25)21(27)22(15)34(32,33)29-19-7-3-6-18(26)28-19/h3,6-7,13,17H,1-2,4-5,8-12,14H2,(H,28,29)/t17-,23+/m1/s1. The number of likely N-dealkylation sites (tertiary alicyclic amines) is 1. The summed E-state index contributed by atoms with van der Waals surface area (Å²) in [7, 11) is -4.49. The molecule has 2 aromatic rings. The smallest absolute Gasteiger partial charge is 0.267 e. The molecule has 1 N–H and O–H groups in total. The van der Waals surface area contributed by atoms with Crippen LogP contribution < -0.4 is 9.62 Å². The fourth-order valence-electron chi connectivity index (χ4n) is 6.02. The average molecular weight is 531 g/mol. The Morgan fingerprint density at radius 1 is 1.09 bits per heavy atom.